The molecule has 8 nitrogen and oxygen atoms in total. The lowest BCUT2D eigenvalue weighted by Gasteiger charge is -2.26. The molecule has 1 aromatic carbocycles. The van der Waals surface area contributed by atoms with Crippen molar-refractivity contribution in [2.45, 2.75) is 46.3 Å². The highest BCUT2D eigenvalue weighted by Crippen LogP contribution is 2.33. The van der Waals surface area contributed by atoms with Crippen molar-refractivity contribution in [2.24, 2.45) is 5.41 Å². The molecule has 1 aliphatic heterocycles. The third-order valence-electron chi connectivity index (χ3n) is 4.16. The topological polar surface area (TPSA) is 99.0 Å². The summed E-state index contributed by atoms with van der Waals surface area (Å²) < 4.78 is 10.6. The number of hydrogen-bond acceptors (Lipinski definition) is 6. The Hall–Kier alpha value is -2.64. The molecule has 0 saturated carbocycles. The van der Waals surface area contributed by atoms with Crippen molar-refractivity contribution < 1.29 is 24.0 Å². The number of para-hydroxylation sites is 1. The van der Waals surface area contributed by atoms with Crippen LogP contribution < -0.4 is 0 Å². The minimum absolute atomic E-state index is 0.0905. The molecule has 1 heterocycles. The Morgan fingerprint density at radius 2 is 1.96 bits per heavy atom. The highest BCUT2D eigenvalue weighted by Gasteiger charge is 2.44. The van der Waals surface area contributed by atoms with Crippen molar-refractivity contribution >= 4 is 17.7 Å². The largest absolute Gasteiger partial charge is 0.460 e. The predicted octanol–water partition coefficient (Wildman–Crippen LogP) is 3.29. The first-order valence-electron chi connectivity index (χ1n) is 8.39. The van der Waals surface area contributed by atoms with Crippen LogP contribution in [0.5, 0.6) is 0 Å². The van der Waals surface area contributed by atoms with Crippen molar-refractivity contribution in [3.8, 4) is 0 Å². The van der Waals surface area contributed by atoms with E-state index in [2.05, 4.69) is 0 Å². The van der Waals surface area contributed by atoms with Gasteiger partial charge in [0, 0.05) is 19.2 Å². The van der Waals surface area contributed by atoms with Gasteiger partial charge in [0.2, 0.25) is 0 Å². The quantitative estimate of drug-likeness (QED) is 0.462. The standard InChI is InChI=1S/C18H24N2O6/c1-17(2,3)26-16(22)19-10-9-18(4,12-19)15(21)25-11-13-7-5-6-8-14(13)20(23)24/h5-8H,9-12H2,1-4H3. The van der Waals surface area contributed by atoms with E-state index in [4.69, 9.17) is 9.47 Å². The fourth-order valence-corrected chi connectivity index (χ4v) is 2.74. The second kappa shape index (κ2) is 7.31. The van der Waals surface area contributed by atoms with Crippen molar-refractivity contribution in [1.82, 2.24) is 4.90 Å². The van der Waals surface area contributed by atoms with Gasteiger partial charge in [-0.1, -0.05) is 12.1 Å². The summed E-state index contributed by atoms with van der Waals surface area (Å²) in [7, 11) is 0. The van der Waals surface area contributed by atoms with Gasteiger partial charge in [-0.25, -0.2) is 4.79 Å². The number of nitro benzene ring substituents is 1. The molecule has 1 saturated heterocycles. The molecule has 1 unspecified atom stereocenters. The highest BCUT2D eigenvalue weighted by molar-refractivity contribution is 5.79. The SMILES string of the molecule is CC(C)(C)OC(=O)N1CCC(C)(C(=O)OCc2ccccc2[N+](=O)[O-])C1. The van der Waals surface area contributed by atoms with Crippen molar-refractivity contribution in [3.05, 3.63) is 39.9 Å². The second-order valence-corrected chi connectivity index (χ2v) is 7.67. The fourth-order valence-electron chi connectivity index (χ4n) is 2.74. The molecule has 1 aliphatic rings. The number of benzene rings is 1. The Kier molecular flexibility index (Phi) is 5.53. The normalized spacial score (nSPS) is 19.9. The number of esters is 1. The maximum Gasteiger partial charge on any atom is 0.410 e. The number of carbonyl (C=O) groups is 2. The van der Waals surface area contributed by atoms with Gasteiger partial charge in [-0.05, 0) is 40.2 Å². The van der Waals surface area contributed by atoms with Crippen LogP contribution in [-0.2, 0) is 20.9 Å². The van der Waals surface area contributed by atoms with Crippen molar-refractivity contribution in [1.29, 1.82) is 0 Å². The molecule has 0 bridgehead atoms. The van der Waals surface area contributed by atoms with E-state index in [1.165, 1.54) is 11.0 Å². The number of likely N-dealkylation sites (tertiary alicyclic amines) is 1. The monoisotopic (exact) mass is 364 g/mol. The minimum atomic E-state index is -0.861. The van der Waals surface area contributed by atoms with E-state index in [0.717, 1.165) is 0 Å². The molecule has 0 aromatic heterocycles. The summed E-state index contributed by atoms with van der Waals surface area (Å²) >= 11 is 0. The Bertz CT molecular complexity index is 712. The van der Waals surface area contributed by atoms with Gasteiger partial charge in [0.1, 0.15) is 12.2 Å². The van der Waals surface area contributed by atoms with Gasteiger partial charge < -0.3 is 14.4 Å². The summed E-state index contributed by atoms with van der Waals surface area (Å²) in [6.07, 6.45) is -0.0187. The molecule has 1 amide bonds. The van der Waals surface area contributed by atoms with E-state index in [-0.39, 0.29) is 18.8 Å². The third-order valence-corrected chi connectivity index (χ3v) is 4.16. The molecular weight excluding hydrogens is 340 g/mol. The number of rotatable bonds is 4. The van der Waals surface area contributed by atoms with E-state index < -0.39 is 28.0 Å². The van der Waals surface area contributed by atoms with Crippen LogP contribution in [0.2, 0.25) is 0 Å². The van der Waals surface area contributed by atoms with Gasteiger partial charge >= 0.3 is 12.1 Å². The van der Waals surface area contributed by atoms with Gasteiger partial charge in [-0.2, -0.15) is 0 Å². The third kappa shape index (κ3) is 4.71. The second-order valence-electron chi connectivity index (χ2n) is 7.67. The zero-order chi connectivity index (χ0) is 19.5. The lowest BCUT2D eigenvalue weighted by atomic mass is 9.90. The van der Waals surface area contributed by atoms with E-state index in [0.29, 0.717) is 18.5 Å². The van der Waals surface area contributed by atoms with E-state index in [1.54, 1.807) is 45.9 Å². The molecule has 142 valence electrons. The van der Waals surface area contributed by atoms with Crippen molar-refractivity contribution in [3.63, 3.8) is 0 Å². The molecule has 0 N–H and O–H groups in total. The summed E-state index contributed by atoms with van der Waals surface area (Å²) in [6, 6.07) is 6.12. The average molecular weight is 364 g/mol. The number of carbonyl (C=O) groups excluding carboxylic acids is 2. The number of ether oxygens (including phenoxy) is 2. The molecule has 0 radical (unpaired) electrons. The van der Waals surface area contributed by atoms with Crippen LogP contribution in [0.4, 0.5) is 10.5 Å². The maximum absolute atomic E-state index is 12.5. The molecule has 2 rings (SSSR count). The smallest absolute Gasteiger partial charge is 0.410 e. The first-order chi connectivity index (χ1) is 12.0. The summed E-state index contributed by atoms with van der Waals surface area (Å²) in [5.74, 6) is -0.485. The lowest BCUT2D eigenvalue weighted by Crippen LogP contribution is -2.38. The number of amides is 1. The number of nitro groups is 1. The van der Waals surface area contributed by atoms with E-state index >= 15 is 0 Å². The molecular formula is C18H24N2O6. The van der Waals surface area contributed by atoms with Crippen LogP contribution in [-0.4, -0.2) is 40.6 Å². The Balaban J connectivity index is 1.98. The number of hydrogen-bond donors (Lipinski definition) is 0. The van der Waals surface area contributed by atoms with Gasteiger partial charge in [-0.15, -0.1) is 0 Å². The van der Waals surface area contributed by atoms with Crippen LogP contribution >= 0.6 is 0 Å². The van der Waals surface area contributed by atoms with E-state index in [9.17, 15) is 19.7 Å². The van der Waals surface area contributed by atoms with Crippen molar-refractivity contribution in [2.75, 3.05) is 13.1 Å². The molecule has 1 atom stereocenters. The average Bonchev–Trinajstić information content (AvgIpc) is 2.95. The lowest BCUT2D eigenvalue weighted by molar-refractivity contribution is -0.385. The Morgan fingerprint density at radius 3 is 2.58 bits per heavy atom. The van der Waals surface area contributed by atoms with Crippen LogP contribution in [0.1, 0.15) is 39.7 Å². The van der Waals surface area contributed by atoms with Crippen LogP contribution in [0.3, 0.4) is 0 Å². The zero-order valence-corrected chi connectivity index (χ0v) is 15.5. The molecule has 0 spiro atoms. The summed E-state index contributed by atoms with van der Waals surface area (Å²) in [5, 5.41) is 11.0. The van der Waals surface area contributed by atoms with Crippen LogP contribution in [0, 0.1) is 15.5 Å². The minimum Gasteiger partial charge on any atom is -0.460 e. The van der Waals surface area contributed by atoms with Crippen LogP contribution in [0.15, 0.2) is 24.3 Å². The van der Waals surface area contributed by atoms with Gasteiger partial charge in [0.25, 0.3) is 5.69 Å². The molecule has 0 aliphatic carbocycles. The summed E-state index contributed by atoms with van der Waals surface area (Å²) in [5.41, 5.74) is -1.23. The zero-order valence-electron chi connectivity index (χ0n) is 15.5. The first kappa shape index (κ1) is 19.7. The number of nitrogens with zero attached hydrogens (tertiary/aromatic N) is 2. The molecule has 1 fully saturated rings. The Morgan fingerprint density at radius 1 is 1.31 bits per heavy atom. The predicted molar refractivity (Wildman–Crippen MR) is 93.4 cm³/mol. The fraction of sp³-hybridized carbons (Fsp3) is 0.556. The summed E-state index contributed by atoms with van der Waals surface area (Å²) in [6.45, 7) is 7.46. The highest BCUT2D eigenvalue weighted by atomic mass is 16.6. The first-order valence-corrected chi connectivity index (χ1v) is 8.39. The Labute approximate surface area is 152 Å². The summed E-state index contributed by atoms with van der Waals surface area (Å²) in [4.78, 5) is 36.7. The molecule has 26 heavy (non-hydrogen) atoms. The van der Waals surface area contributed by atoms with Gasteiger partial charge in [-0.3, -0.25) is 14.9 Å². The molecule has 1 aromatic rings. The van der Waals surface area contributed by atoms with E-state index in [1.807, 2.05) is 0 Å². The van der Waals surface area contributed by atoms with Gasteiger partial charge in [0.15, 0.2) is 0 Å². The maximum atomic E-state index is 12.5. The van der Waals surface area contributed by atoms with Gasteiger partial charge in [0.05, 0.1) is 15.9 Å². The molecule has 8 heteroatoms. The van der Waals surface area contributed by atoms with Crippen LogP contribution in [0.25, 0.3) is 0 Å².